The molecule has 0 spiro atoms. The number of hydrogen-bond donors (Lipinski definition) is 1. The third-order valence-electron chi connectivity index (χ3n) is 3.31. The van der Waals surface area contributed by atoms with Crippen LogP contribution in [0.3, 0.4) is 0 Å². The van der Waals surface area contributed by atoms with Gasteiger partial charge in [0.15, 0.2) is 9.84 Å². The Morgan fingerprint density at radius 2 is 1.74 bits per heavy atom. The van der Waals surface area contributed by atoms with Gasteiger partial charge in [-0.15, -0.1) is 0 Å². The molecule has 0 unspecified atom stereocenters. The average molecular weight is 372 g/mol. The maximum Gasteiger partial charge on any atom is 0.251 e. The number of nitrogens with one attached hydrogen (secondary N) is 1. The highest BCUT2D eigenvalue weighted by Gasteiger charge is 2.18. The molecule has 0 fully saturated rings. The molecule has 0 aliphatic heterocycles. The molecule has 1 N–H and O–H groups in total. The van der Waals surface area contributed by atoms with Gasteiger partial charge in [-0.25, -0.2) is 8.42 Å². The van der Waals surface area contributed by atoms with E-state index in [1.807, 2.05) is 12.1 Å². The van der Waals surface area contributed by atoms with Gasteiger partial charge >= 0.3 is 0 Å². The smallest absolute Gasteiger partial charge is 0.251 e. The first-order valence-corrected chi connectivity index (χ1v) is 9.40. The summed E-state index contributed by atoms with van der Waals surface area (Å²) in [5.74, 6) is -0.404. The highest BCUT2D eigenvalue weighted by molar-refractivity contribution is 7.90. The molecule has 1 amide bonds. The van der Waals surface area contributed by atoms with Gasteiger partial charge in [-0.05, 0) is 36.8 Å². The Labute approximate surface area is 145 Å². The van der Waals surface area contributed by atoms with Crippen LogP contribution in [0.1, 0.15) is 28.9 Å². The van der Waals surface area contributed by atoms with Crippen molar-refractivity contribution >= 4 is 38.9 Å². The molecule has 0 aromatic heterocycles. The Morgan fingerprint density at radius 3 is 2.35 bits per heavy atom. The summed E-state index contributed by atoms with van der Waals surface area (Å²) in [5.41, 5.74) is 0.994. The van der Waals surface area contributed by atoms with Crippen molar-refractivity contribution in [3.05, 3.63) is 63.6 Å². The number of carbonyl (C=O) groups is 1. The van der Waals surface area contributed by atoms with Gasteiger partial charge in [-0.2, -0.15) is 0 Å². The highest BCUT2D eigenvalue weighted by atomic mass is 35.5. The predicted octanol–water partition coefficient (Wildman–Crippen LogP) is 3.89. The average Bonchev–Trinajstić information content (AvgIpc) is 2.46. The summed E-state index contributed by atoms with van der Waals surface area (Å²) in [7, 11) is -3.51. The van der Waals surface area contributed by atoms with E-state index >= 15 is 0 Å². The van der Waals surface area contributed by atoms with Crippen molar-refractivity contribution in [2.24, 2.45) is 0 Å². The maximum atomic E-state index is 12.3. The lowest BCUT2D eigenvalue weighted by molar-refractivity contribution is 0.0939. The lowest BCUT2D eigenvalue weighted by atomic mass is 10.1. The molecule has 0 bridgehead atoms. The zero-order valence-electron chi connectivity index (χ0n) is 12.5. The third-order valence-corrected chi connectivity index (χ3v) is 5.23. The number of halogens is 2. The van der Waals surface area contributed by atoms with E-state index in [0.717, 1.165) is 11.8 Å². The van der Waals surface area contributed by atoms with Crippen molar-refractivity contribution < 1.29 is 13.2 Å². The minimum atomic E-state index is -3.51. The second-order valence-electron chi connectivity index (χ2n) is 5.13. The summed E-state index contributed by atoms with van der Waals surface area (Å²) in [4.78, 5) is 12.3. The molecule has 2 aromatic carbocycles. The molecular weight excluding hydrogens is 357 g/mol. The van der Waals surface area contributed by atoms with E-state index in [1.54, 1.807) is 19.1 Å². The van der Waals surface area contributed by atoms with Crippen molar-refractivity contribution in [2.45, 2.75) is 17.9 Å². The van der Waals surface area contributed by atoms with E-state index < -0.39 is 15.7 Å². The quantitative estimate of drug-likeness (QED) is 0.886. The van der Waals surface area contributed by atoms with Gasteiger partial charge in [-0.1, -0.05) is 41.4 Å². The number of benzene rings is 2. The molecule has 0 aliphatic carbocycles. The van der Waals surface area contributed by atoms with E-state index in [1.165, 1.54) is 18.2 Å². The van der Waals surface area contributed by atoms with Crippen molar-refractivity contribution in [1.29, 1.82) is 0 Å². The van der Waals surface area contributed by atoms with E-state index in [2.05, 4.69) is 5.32 Å². The second kappa shape index (κ2) is 6.91. The number of hydrogen-bond acceptors (Lipinski definition) is 3. The van der Waals surface area contributed by atoms with Gasteiger partial charge < -0.3 is 5.32 Å². The number of carbonyl (C=O) groups excluding carboxylic acids is 1. The third kappa shape index (κ3) is 4.25. The topological polar surface area (TPSA) is 63.2 Å². The van der Waals surface area contributed by atoms with E-state index in [0.29, 0.717) is 5.02 Å². The molecule has 2 aromatic rings. The summed E-state index contributed by atoms with van der Waals surface area (Å²) >= 11 is 12.0. The summed E-state index contributed by atoms with van der Waals surface area (Å²) in [6.07, 6.45) is 1.04. The van der Waals surface area contributed by atoms with Crippen molar-refractivity contribution in [3.8, 4) is 0 Å². The number of amides is 1. The fourth-order valence-electron chi connectivity index (χ4n) is 2.11. The predicted molar refractivity (Wildman–Crippen MR) is 91.9 cm³/mol. The Morgan fingerprint density at radius 1 is 1.09 bits per heavy atom. The summed E-state index contributed by atoms with van der Waals surface area (Å²) < 4.78 is 23.4. The molecule has 2 rings (SSSR count). The molecule has 4 nitrogen and oxygen atoms in total. The zero-order chi connectivity index (χ0) is 17.2. The first kappa shape index (κ1) is 17.8. The van der Waals surface area contributed by atoms with Crippen LogP contribution < -0.4 is 5.32 Å². The molecule has 23 heavy (non-hydrogen) atoms. The Balaban J connectivity index is 2.27. The van der Waals surface area contributed by atoms with Gasteiger partial charge in [0.25, 0.3) is 5.91 Å². The fourth-order valence-corrected chi connectivity index (χ4v) is 3.71. The van der Waals surface area contributed by atoms with Crippen LogP contribution in [-0.2, 0) is 9.84 Å². The lowest BCUT2D eigenvalue weighted by Crippen LogP contribution is -2.27. The monoisotopic (exact) mass is 371 g/mol. The maximum absolute atomic E-state index is 12.3. The van der Waals surface area contributed by atoms with Gasteiger partial charge in [0, 0.05) is 16.8 Å². The summed E-state index contributed by atoms with van der Waals surface area (Å²) in [5, 5.41) is 3.43. The Bertz CT molecular complexity index is 850. The largest absolute Gasteiger partial charge is 0.345 e. The molecule has 122 valence electrons. The molecule has 0 saturated carbocycles. The van der Waals surface area contributed by atoms with Crippen LogP contribution in [0.4, 0.5) is 0 Å². The first-order chi connectivity index (χ1) is 10.7. The van der Waals surface area contributed by atoms with Gasteiger partial charge in [-0.3, -0.25) is 4.79 Å². The van der Waals surface area contributed by atoms with Crippen LogP contribution in [0.15, 0.2) is 47.4 Å². The molecule has 0 heterocycles. The standard InChI is InChI=1S/C16H15Cl2NO3S/c1-10(12-5-3-4-6-13(12)17)19-16(20)11-7-8-14(18)15(9-11)23(2,21)22/h3-10H,1-2H3,(H,19,20)/t10-/m1/s1. The first-order valence-electron chi connectivity index (χ1n) is 6.75. The Hall–Kier alpha value is -1.56. The summed E-state index contributed by atoms with van der Waals surface area (Å²) in [6.45, 7) is 1.80. The van der Waals surface area contributed by atoms with Crippen molar-refractivity contribution in [2.75, 3.05) is 6.26 Å². The molecular formula is C16H15Cl2NO3S. The Kier molecular flexibility index (Phi) is 5.34. The highest BCUT2D eigenvalue weighted by Crippen LogP contribution is 2.25. The molecule has 7 heteroatoms. The van der Waals surface area contributed by atoms with Crippen LogP contribution in [0.25, 0.3) is 0 Å². The number of rotatable bonds is 4. The number of sulfone groups is 1. The molecule has 0 aliphatic rings. The zero-order valence-corrected chi connectivity index (χ0v) is 14.8. The second-order valence-corrected chi connectivity index (χ2v) is 7.93. The SMILES string of the molecule is C[C@@H](NC(=O)c1ccc(Cl)c(S(C)(=O)=O)c1)c1ccccc1Cl. The van der Waals surface area contributed by atoms with Gasteiger partial charge in [0.05, 0.1) is 16.0 Å². The van der Waals surface area contributed by atoms with Crippen molar-refractivity contribution in [1.82, 2.24) is 5.32 Å². The molecule has 1 atom stereocenters. The molecule has 0 saturated heterocycles. The van der Waals surface area contributed by atoms with Gasteiger partial charge in [0.2, 0.25) is 0 Å². The van der Waals surface area contributed by atoms with E-state index in [-0.39, 0.29) is 21.5 Å². The van der Waals surface area contributed by atoms with Crippen LogP contribution >= 0.6 is 23.2 Å². The van der Waals surface area contributed by atoms with E-state index in [4.69, 9.17) is 23.2 Å². The van der Waals surface area contributed by atoms with E-state index in [9.17, 15) is 13.2 Å². The van der Waals surface area contributed by atoms with Crippen LogP contribution in [-0.4, -0.2) is 20.6 Å². The normalized spacial score (nSPS) is 12.7. The van der Waals surface area contributed by atoms with Crippen LogP contribution in [0, 0.1) is 0 Å². The molecule has 0 radical (unpaired) electrons. The lowest BCUT2D eigenvalue weighted by Gasteiger charge is -2.16. The minimum absolute atomic E-state index is 0.0720. The fraction of sp³-hybridized carbons (Fsp3) is 0.188. The van der Waals surface area contributed by atoms with Gasteiger partial charge in [0.1, 0.15) is 0 Å². The van der Waals surface area contributed by atoms with Crippen molar-refractivity contribution in [3.63, 3.8) is 0 Å². The van der Waals surface area contributed by atoms with Crippen LogP contribution in [0.2, 0.25) is 10.0 Å². The van der Waals surface area contributed by atoms with Crippen LogP contribution in [0.5, 0.6) is 0 Å². The summed E-state index contributed by atoms with van der Waals surface area (Å²) in [6, 6.07) is 11.0. The minimum Gasteiger partial charge on any atom is -0.345 e.